The third-order valence-electron chi connectivity index (χ3n) is 2.23. The maximum atomic E-state index is 13.3. The molecular formula is C12H10FN3S. The van der Waals surface area contributed by atoms with Crippen LogP contribution in [0.4, 0.5) is 10.1 Å². The van der Waals surface area contributed by atoms with Gasteiger partial charge in [0.2, 0.25) is 0 Å². The van der Waals surface area contributed by atoms with Crippen LogP contribution in [0.1, 0.15) is 15.4 Å². The van der Waals surface area contributed by atoms with Crippen molar-refractivity contribution in [2.45, 2.75) is 13.5 Å². The van der Waals surface area contributed by atoms with Crippen molar-refractivity contribution in [3.05, 3.63) is 45.7 Å². The number of aryl methyl sites for hydroxylation is 1. The molecule has 2 rings (SSSR count). The highest BCUT2D eigenvalue weighted by Gasteiger charge is 2.03. The Morgan fingerprint density at radius 2 is 2.35 bits per heavy atom. The topological polar surface area (TPSA) is 48.7 Å². The van der Waals surface area contributed by atoms with Crippen molar-refractivity contribution in [3.8, 4) is 6.07 Å². The molecule has 0 bridgehead atoms. The Kier molecular flexibility index (Phi) is 3.35. The van der Waals surface area contributed by atoms with Crippen LogP contribution in [0.2, 0.25) is 0 Å². The van der Waals surface area contributed by atoms with E-state index in [0.29, 0.717) is 12.2 Å². The van der Waals surface area contributed by atoms with Gasteiger partial charge in [-0.1, -0.05) is 0 Å². The standard InChI is InChI=1S/C12H10FN3S/c1-8-15-6-11(17-8)7-16-10-3-2-9(5-14)12(13)4-10/h2-4,6,16H,7H2,1H3. The second kappa shape index (κ2) is 4.93. The fourth-order valence-electron chi connectivity index (χ4n) is 1.39. The summed E-state index contributed by atoms with van der Waals surface area (Å²) in [6.07, 6.45) is 1.80. The molecule has 2 aromatic rings. The van der Waals surface area contributed by atoms with Crippen LogP contribution in [0.5, 0.6) is 0 Å². The van der Waals surface area contributed by atoms with Crippen LogP contribution in [0.25, 0.3) is 0 Å². The number of hydrogen-bond acceptors (Lipinski definition) is 4. The lowest BCUT2D eigenvalue weighted by atomic mass is 10.2. The number of benzene rings is 1. The zero-order valence-corrected chi connectivity index (χ0v) is 10.0. The minimum atomic E-state index is -0.502. The smallest absolute Gasteiger partial charge is 0.143 e. The summed E-state index contributed by atoms with van der Waals surface area (Å²) in [5.74, 6) is -0.502. The maximum Gasteiger partial charge on any atom is 0.143 e. The minimum Gasteiger partial charge on any atom is -0.380 e. The van der Waals surface area contributed by atoms with Crippen LogP contribution in [-0.4, -0.2) is 4.98 Å². The number of thiazole rings is 1. The molecule has 1 heterocycles. The first-order chi connectivity index (χ1) is 8.19. The van der Waals surface area contributed by atoms with E-state index in [1.165, 1.54) is 12.1 Å². The molecule has 0 spiro atoms. The van der Waals surface area contributed by atoms with Gasteiger partial charge in [-0.3, -0.25) is 0 Å². The lowest BCUT2D eigenvalue weighted by molar-refractivity contribution is 0.624. The number of hydrogen-bond donors (Lipinski definition) is 1. The van der Waals surface area contributed by atoms with Gasteiger partial charge in [0.25, 0.3) is 0 Å². The second-order valence-corrected chi connectivity index (χ2v) is 4.82. The number of nitrogens with one attached hydrogen (secondary N) is 1. The van der Waals surface area contributed by atoms with E-state index in [1.807, 2.05) is 6.92 Å². The maximum absolute atomic E-state index is 13.3. The van der Waals surface area contributed by atoms with Gasteiger partial charge in [0.1, 0.15) is 11.9 Å². The van der Waals surface area contributed by atoms with Gasteiger partial charge in [0.05, 0.1) is 17.1 Å². The molecule has 1 N–H and O–H groups in total. The second-order valence-electron chi connectivity index (χ2n) is 3.51. The largest absolute Gasteiger partial charge is 0.380 e. The Balaban J connectivity index is 2.05. The first-order valence-electron chi connectivity index (χ1n) is 5.04. The molecule has 0 saturated carbocycles. The molecule has 1 aromatic carbocycles. The van der Waals surface area contributed by atoms with Gasteiger partial charge < -0.3 is 5.32 Å². The SMILES string of the molecule is Cc1ncc(CNc2ccc(C#N)c(F)c2)s1. The summed E-state index contributed by atoms with van der Waals surface area (Å²) >= 11 is 1.60. The molecule has 3 nitrogen and oxygen atoms in total. The Morgan fingerprint density at radius 3 is 2.94 bits per heavy atom. The van der Waals surface area contributed by atoms with E-state index in [-0.39, 0.29) is 5.56 Å². The van der Waals surface area contributed by atoms with E-state index in [0.717, 1.165) is 9.88 Å². The lowest BCUT2D eigenvalue weighted by Crippen LogP contribution is -1.98. The van der Waals surface area contributed by atoms with Crippen molar-refractivity contribution >= 4 is 17.0 Å². The number of nitriles is 1. The average molecular weight is 247 g/mol. The fraction of sp³-hybridized carbons (Fsp3) is 0.167. The molecule has 0 aliphatic carbocycles. The summed E-state index contributed by atoms with van der Waals surface area (Å²) in [4.78, 5) is 5.23. The molecule has 86 valence electrons. The normalized spacial score (nSPS) is 9.94. The molecule has 17 heavy (non-hydrogen) atoms. The number of halogens is 1. The highest BCUT2D eigenvalue weighted by atomic mass is 32.1. The van der Waals surface area contributed by atoms with Crippen molar-refractivity contribution in [3.63, 3.8) is 0 Å². The highest BCUT2D eigenvalue weighted by Crippen LogP contribution is 2.17. The summed E-state index contributed by atoms with van der Waals surface area (Å²) in [7, 11) is 0. The summed E-state index contributed by atoms with van der Waals surface area (Å²) in [5.41, 5.74) is 0.719. The zero-order valence-electron chi connectivity index (χ0n) is 9.20. The first-order valence-corrected chi connectivity index (χ1v) is 5.85. The molecular weight excluding hydrogens is 237 g/mol. The molecule has 5 heteroatoms. The molecule has 0 aliphatic heterocycles. The van der Waals surface area contributed by atoms with Crippen molar-refractivity contribution in [1.29, 1.82) is 5.26 Å². The zero-order chi connectivity index (χ0) is 12.3. The van der Waals surface area contributed by atoms with Gasteiger partial charge in [-0.05, 0) is 25.1 Å². The highest BCUT2D eigenvalue weighted by molar-refractivity contribution is 7.11. The Bertz CT molecular complexity index is 571. The van der Waals surface area contributed by atoms with Crippen molar-refractivity contribution < 1.29 is 4.39 Å². The summed E-state index contributed by atoms with van der Waals surface area (Å²) in [6, 6.07) is 6.27. The number of aromatic nitrogens is 1. The summed E-state index contributed by atoms with van der Waals surface area (Å²) < 4.78 is 13.3. The third kappa shape index (κ3) is 2.80. The lowest BCUT2D eigenvalue weighted by Gasteiger charge is -2.04. The molecule has 0 saturated heterocycles. The minimum absolute atomic E-state index is 0.0594. The van der Waals surface area contributed by atoms with Crippen molar-refractivity contribution in [2.75, 3.05) is 5.32 Å². The van der Waals surface area contributed by atoms with E-state index in [4.69, 9.17) is 5.26 Å². The molecule has 0 amide bonds. The van der Waals surface area contributed by atoms with Gasteiger partial charge in [-0.2, -0.15) is 5.26 Å². The molecule has 0 fully saturated rings. The number of nitrogens with zero attached hydrogens (tertiary/aromatic N) is 2. The first kappa shape index (κ1) is 11.6. The van der Waals surface area contributed by atoms with Crippen LogP contribution in [-0.2, 0) is 6.54 Å². The van der Waals surface area contributed by atoms with Crippen LogP contribution < -0.4 is 5.32 Å². The van der Waals surface area contributed by atoms with Crippen LogP contribution in [0.15, 0.2) is 24.4 Å². The summed E-state index contributed by atoms with van der Waals surface area (Å²) in [5, 5.41) is 12.7. The molecule has 0 atom stereocenters. The Labute approximate surface area is 103 Å². The van der Waals surface area contributed by atoms with E-state index in [1.54, 1.807) is 29.7 Å². The van der Waals surface area contributed by atoms with Gasteiger partial charge in [-0.25, -0.2) is 9.37 Å². The molecule has 0 aliphatic rings. The van der Waals surface area contributed by atoms with Crippen LogP contribution in [0.3, 0.4) is 0 Å². The average Bonchev–Trinajstić information content (AvgIpc) is 2.73. The fourth-order valence-corrected chi connectivity index (χ4v) is 2.13. The Morgan fingerprint density at radius 1 is 1.53 bits per heavy atom. The van der Waals surface area contributed by atoms with E-state index < -0.39 is 5.82 Å². The van der Waals surface area contributed by atoms with Gasteiger partial charge in [0, 0.05) is 16.8 Å². The van der Waals surface area contributed by atoms with Gasteiger partial charge in [-0.15, -0.1) is 11.3 Å². The van der Waals surface area contributed by atoms with E-state index >= 15 is 0 Å². The quantitative estimate of drug-likeness (QED) is 0.906. The van der Waals surface area contributed by atoms with Gasteiger partial charge in [0.15, 0.2) is 0 Å². The van der Waals surface area contributed by atoms with Crippen molar-refractivity contribution in [1.82, 2.24) is 4.98 Å². The summed E-state index contributed by atoms with van der Waals surface area (Å²) in [6.45, 7) is 2.55. The van der Waals surface area contributed by atoms with Crippen molar-refractivity contribution in [2.24, 2.45) is 0 Å². The molecule has 1 aromatic heterocycles. The Hall–Kier alpha value is -1.93. The predicted octanol–water partition coefficient (Wildman–Crippen LogP) is 3.07. The third-order valence-corrected chi connectivity index (χ3v) is 3.14. The number of rotatable bonds is 3. The van der Waals surface area contributed by atoms with Crippen LogP contribution in [0, 0.1) is 24.1 Å². The predicted molar refractivity (Wildman–Crippen MR) is 65.3 cm³/mol. The van der Waals surface area contributed by atoms with E-state index in [2.05, 4.69) is 10.3 Å². The number of anilines is 1. The van der Waals surface area contributed by atoms with E-state index in [9.17, 15) is 4.39 Å². The monoisotopic (exact) mass is 247 g/mol. The van der Waals surface area contributed by atoms with Crippen LogP contribution >= 0.6 is 11.3 Å². The van der Waals surface area contributed by atoms with Gasteiger partial charge >= 0.3 is 0 Å². The molecule has 0 radical (unpaired) electrons. The molecule has 0 unspecified atom stereocenters.